The highest BCUT2D eigenvalue weighted by molar-refractivity contribution is 6.33. The first-order valence-corrected chi connectivity index (χ1v) is 38.1. The van der Waals surface area contributed by atoms with Gasteiger partial charge in [-0.05, 0) is 180 Å². The molecule has 0 radical (unpaired) electrons. The number of anilines is 6. The molecule has 0 saturated carbocycles. The van der Waals surface area contributed by atoms with Crippen LogP contribution >= 0.6 is 58.0 Å². The molecule has 0 saturated heterocycles. The molecule has 4 N–H and O–H groups in total. The first kappa shape index (κ1) is 82.2. The molecule has 30 heteroatoms. The maximum Gasteiger partial charge on any atom is 0.163 e. The Labute approximate surface area is 695 Å². The van der Waals surface area contributed by atoms with Crippen LogP contribution in [0.5, 0.6) is 11.5 Å². The zero-order valence-electron chi connectivity index (χ0n) is 64.0. The number of aromatic amines is 1. The lowest BCUT2D eigenvalue weighted by Crippen LogP contribution is -2.04. The molecule has 0 amide bonds. The van der Waals surface area contributed by atoms with Gasteiger partial charge in [-0.1, -0.05) is 123 Å². The summed E-state index contributed by atoms with van der Waals surface area (Å²) in [6, 6.07) is 40.1. The van der Waals surface area contributed by atoms with Gasteiger partial charge >= 0.3 is 0 Å². The van der Waals surface area contributed by atoms with Gasteiger partial charge in [0.05, 0.1) is 95.5 Å². The van der Waals surface area contributed by atoms with Crippen molar-refractivity contribution in [1.29, 1.82) is 0 Å². The molecule has 590 valence electrons. The number of methoxy groups -OCH3 is 2. The lowest BCUT2D eigenvalue weighted by Gasteiger charge is -2.16. The van der Waals surface area contributed by atoms with E-state index in [-0.39, 0.29) is 29.3 Å². The van der Waals surface area contributed by atoms with Crippen LogP contribution < -0.4 is 25.4 Å². The van der Waals surface area contributed by atoms with Crippen LogP contribution in [0.4, 0.5) is 52.1 Å². The van der Waals surface area contributed by atoms with E-state index in [4.69, 9.17) is 67.5 Å². The van der Waals surface area contributed by atoms with Gasteiger partial charge in [0.1, 0.15) is 71.2 Å². The quantitative estimate of drug-likeness (QED) is 0.0518. The van der Waals surface area contributed by atoms with Crippen LogP contribution in [0, 0.1) is 23.3 Å². The van der Waals surface area contributed by atoms with E-state index in [2.05, 4.69) is 127 Å². The Morgan fingerprint density at radius 2 is 0.769 bits per heavy atom. The van der Waals surface area contributed by atoms with Crippen LogP contribution in [0.3, 0.4) is 0 Å². The van der Waals surface area contributed by atoms with Gasteiger partial charge in [-0.3, -0.25) is 25.0 Å². The van der Waals surface area contributed by atoms with Gasteiger partial charge in [-0.2, -0.15) is 15.3 Å². The lowest BCUT2D eigenvalue weighted by atomic mass is 10.0. The molecular weight excluding hydrogens is 1600 g/mol. The van der Waals surface area contributed by atoms with Crippen molar-refractivity contribution in [3.63, 3.8) is 0 Å². The molecule has 16 rings (SSSR count). The average Bonchev–Trinajstić information content (AvgIpc) is 1.76. The third-order valence-electron chi connectivity index (χ3n) is 18.5. The van der Waals surface area contributed by atoms with Crippen LogP contribution in [-0.4, -0.2) is 93.8 Å². The molecule has 0 aliphatic rings. The Hall–Kier alpha value is -12.8. The molecule has 0 aliphatic heterocycles. The summed E-state index contributed by atoms with van der Waals surface area (Å²) in [6.07, 6.45) is 16.3. The van der Waals surface area contributed by atoms with Crippen molar-refractivity contribution < 1.29 is 27.0 Å². The summed E-state index contributed by atoms with van der Waals surface area (Å²) in [5.41, 5.74) is 14.6. The minimum atomic E-state index is -0.412. The second-order valence-electron chi connectivity index (χ2n) is 27.3. The third-order valence-corrected chi connectivity index (χ3v) is 19.7. The van der Waals surface area contributed by atoms with Crippen LogP contribution in [0.15, 0.2) is 221 Å². The molecule has 0 aliphatic carbocycles. The first-order chi connectivity index (χ1) is 56.4. The van der Waals surface area contributed by atoms with Gasteiger partial charge in [-0.25, -0.2) is 56.8 Å². The fraction of sp³-hybridized carbons (Fsp3) is 0.138. The standard InChI is InChI=1S/C27H24ClFN6O.C27H22ClFN6O.C19H16ClFN6.C14H10Cl2FN/c2*1-16(2)21-12-30-24(20-10-18(28)6-9-23(20)29)11-25(21)34-26-22-13-33-35(27(22)32-15-31-26)14-17-4-7-19(36-3)8-5-17;1-10(2)13-7-22-16(12-5-11(20)3-4-15(12)21)6-17(13)26-18-14-8-25-27-19(14)24-9-23-18;1-8(2)11-7-18-14(6-12(11)16)10-5-9(15)3-4-13(10)17/h4-13,15-16H,14H2,1-3H3,(H,30,31,32,34);4-13,15H,1,14H2,2-3H3,(H,30,31,32,34);3-10H,1-2H3,(H2,22,23,24,25,26,27);3-7H,1H2,2H3. The number of H-pyrrole nitrogens is 1. The first-order valence-electron chi connectivity index (χ1n) is 36.2. The van der Waals surface area contributed by atoms with Crippen molar-refractivity contribution in [2.24, 2.45) is 0 Å². The topological polar surface area (TPSA) is 248 Å². The summed E-state index contributed by atoms with van der Waals surface area (Å²) in [4.78, 5) is 43.9. The largest absolute Gasteiger partial charge is 0.497 e. The summed E-state index contributed by atoms with van der Waals surface area (Å²) < 4.78 is 71.2. The van der Waals surface area contributed by atoms with Gasteiger partial charge in [0.15, 0.2) is 16.9 Å². The highest BCUT2D eigenvalue weighted by Crippen LogP contribution is 2.39. The molecular formula is C87H72Cl5F4N19O2. The van der Waals surface area contributed by atoms with E-state index >= 15 is 0 Å². The van der Waals surface area contributed by atoms with E-state index in [1.165, 1.54) is 73.6 Å². The monoisotopic (exact) mass is 1670 g/mol. The fourth-order valence-corrected chi connectivity index (χ4v) is 13.3. The van der Waals surface area contributed by atoms with Gasteiger partial charge in [0.2, 0.25) is 0 Å². The van der Waals surface area contributed by atoms with E-state index in [1.54, 1.807) is 94.0 Å². The molecule has 117 heavy (non-hydrogen) atoms. The average molecular weight is 1670 g/mol. The number of nitrogens with zero attached hydrogens (tertiary/aromatic N) is 15. The van der Waals surface area contributed by atoms with Crippen LogP contribution in [0.2, 0.25) is 25.1 Å². The Morgan fingerprint density at radius 3 is 1.15 bits per heavy atom. The second-order valence-corrected chi connectivity index (χ2v) is 29.4. The van der Waals surface area contributed by atoms with Crippen LogP contribution in [0.1, 0.15) is 86.8 Å². The molecule has 6 aromatic carbocycles. The van der Waals surface area contributed by atoms with Gasteiger partial charge in [0.25, 0.3) is 0 Å². The van der Waals surface area contributed by atoms with Crippen molar-refractivity contribution >= 4 is 137 Å². The number of hydrogen-bond donors (Lipinski definition) is 4. The van der Waals surface area contributed by atoms with E-state index in [9.17, 15) is 17.6 Å². The number of ether oxygens (including phenoxy) is 2. The Balaban J connectivity index is 0.000000139. The number of benzene rings is 6. The molecule has 0 unspecified atom stereocenters. The van der Waals surface area contributed by atoms with E-state index in [1.807, 2.05) is 77.8 Å². The number of hydrogen-bond acceptors (Lipinski definition) is 18. The van der Waals surface area contributed by atoms with Crippen molar-refractivity contribution in [3.05, 3.63) is 303 Å². The predicted octanol–water partition coefficient (Wildman–Crippen LogP) is 23.4. The SMILES string of the molecule is C=C(C)c1cnc(-c2cc(Cl)ccc2F)cc1Cl.C=C(C)c1cnc(-c2cc(Cl)ccc2F)cc1Nc1ncnc2c1cnn2Cc1ccc(OC)cc1.CC(C)c1cnc(-c2cc(Cl)ccc2F)cc1Nc1ncnc2[nH]ncc12.COc1ccc(Cn2ncc3c(Nc4cc(-c5cc(Cl)ccc5F)ncc4C(C)C)ncnc32)cc1. The third kappa shape index (κ3) is 19.4. The summed E-state index contributed by atoms with van der Waals surface area (Å²) in [5.74, 6) is 2.19. The summed E-state index contributed by atoms with van der Waals surface area (Å²) in [6.45, 7) is 20.9. The van der Waals surface area contributed by atoms with Crippen molar-refractivity contribution in [2.45, 2.75) is 66.5 Å². The number of pyridine rings is 4. The lowest BCUT2D eigenvalue weighted by molar-refractivity contribution is 0.414. The van der Waals surface area contributed by atoms with E-state index in [0.717, 1.165) is 83.6 Å². The molecule has 10 heterocycles. The van der Waals surface area contributed by atoms with Gasteiger partial charge < -0.3 is 25.4 Å². The Morgan fingerprint density at radius 1 is 0.410 bits per heavy atom. The Bertz CT molecular complexity index is 6350. The number of rotatable bonds is 20. The second kappa shape index (κ2) is 36.8. The van der Waals surface area contributed by atoms with Crippen LogP contribution in [0.25, 0.3) is 89.3 Å². The minimum Gasteiger partial charge on any atom is -0.497 e. The van der Waals surface area contributed by atoms with Crippen LogP contribution in [-0.2, 0) is 13.1 Å². The van der Waals surface area contributed by atoms with Crippen molar-refractivity contribution in [1.82, 2.24) is 79.6 Å². The van der Waals surface area contributed by atoms with E-state index in [0.29, 0.717) is 123 Å². The maximum atomic E-state index is 14.5. The number of fused-ring (bicyclic) bond motifs is 3. The molecule has 0 atom stereocenters. The highest BCUT2D eigenvalue weighted by atomic mass is 35.5. The number of aromatic nitrogens is 16. The zero-order valence-corrected chi connectivity index (χ0v) is 67.8. The summed E-state index contributed by atoms with van der Waals surface area (Å²) in [5, 5.41) is 30.5. The predicted molar refractivity (Wildman–Crippen MR) is 458 cm³/mol. The smallest absolute Gasteiger partial charge is 0.163 e. The number of halogens is 9. The Kier molecular flexibility index (Phi) is 25.8. The molecule has 10 aromatic heterocycles. The number of allylic oxidation sites excluding steroid dienone is 2. The summed E-state index contributed by atoms with van der Waals surface area (Å²) in [7, 11) is 3.28. The van der Waals surface area contributed by atoms with Crippen molar-refractivity contribution in [3.8, 4) is 56.5 Å². The van der Waals surface area contributed by atoms with E-state index < -0.39 is 5.82 Å². The molecule has 16 aromatic rings. The minimum absolute atomic E-state index is 0.174. The molecule has 0 bridgehead atoms. The molecule has 0 spiro atoms. The van der Waals surface area contributed by atoms with Gasteiger partial charge in [0, 0.05) is 89.6 Å². The summed E-state index contributed by atoms with van der Waals surface area (Å²) >= 11 is 30.2. The number of nitrogens with one attached hydrogen (secondary N) is 4. The highest BCUT2D eigenvalue weighted by Gasteiger charge is 2.22. The zero-order chi connectivity index (χ0) is 82.7. The van der Waals surface area contributed by atoms with Gasteiger partial charge in [-0.15, -0.1) is 0 Å². The molecule has 0 fully saturated rings. The molecule has 21 nitrogen and oxygen atoms in total. The fourth-order valence-electron chi connectivity index (χ4n) is 12.3. The normalized spacial score (nSPS) is 11.1. The van der Waals surface area contributed by atoms with Crippen molar-refractivity contribution in [2.75, 3.05) is 30.2 Å². The maximum absolute atomic E-state index is 14.5.